The van der Waals surface area contributed by atoms with Crippen LogP contribution >= 0.6 is 0 Å². The molecule has 0 aliphatic rings. The fourth-order valence-corrected chi connectivity index (χ4v) is 0.845. The molecular weight excluding hydrogens is 196 g/mol. The number of aliphatic hydroxyl groups excluding tert-OH is 2. The Morgan fingerprint density at radius 2 is 1.87 bits per heavy atom. The van der Waals surface area contributed by atoms with Crippen LogP contribution in [0.25, 0.3) is 0 Å². The van der Waals surface area contributed by atoms with E-state index in [0.717, 1.165) is 0 Å². The lowest BCUT2D eigenvalue weighted by Gasteiger charge is -2.09. The Morgan fingerprint density at radius 1 is 1.27 bits per heavy atom. The Bertz CT molecular complexity index is 243. The van der Waals surface area contributed by atoms with Gasteiger partial charge in [0.15, 0.2) is 0 Å². The smallest absolute Gasteiger partial charge is 0.309 e. The highest BCUT2D eigenvalue weighted by Gasteiger charge is 2.17. The van der Waals surface area contributed by atoms with Crippen molar-refractivity contribution in [1.82, 2.24) is 0 Å². The Hall–Kier alpha value is -1.13. The molecule has 0 aromatic rings. The van der Waals surface area contributed by atoms with Crippen LogP contribution in [0.2, 0.25) is 0 Å². The molecule has 0 rings (SSSR count). The molecule has 4 nitrogen and oxygen atoms in total. The zero-order chi connectivity index (χ0) is 11.8. The molecule has 86 valence electrons. The maximum absolute atomic E-state index is 10.5. The van der Waals surface area contributed by atoms with Crippen LogP contribution in [-0.2, 0) is 4.79 Å². The number of hydrogen-bond donors (Lipinski definition) is 3. The van der Waals surface area contributed by atoms with Crippen LogP contribution in [0.4, 0.5) is 0 Å². The Morgan fingerprint density at radius 3 is 2.33 bits per heavy atom. The van der Waals surface area contributed by atoms with Gasteiger partial charge in [-0.2, -0.15) is 0 Å². The highest BCUT2D eigenvalue weighted by molar-refractivity contribution is 5.70. The van der Waals surface area contributed by atoms with Gasteiger partial charge in [-0.1, -0.05) is 24.3 Å². The van der Waals surface area contributed by atoms with Crippen LogP contribution in [0.3, 0.4) is 0 Å². The van der Waals surface area contributed by atoms with E-state index >= 15 is 0 Å². The fraction of sp³-hybridized carbons (Fsp3) is 0.545. The summed E-state index contributed by atoms with van der Waals surface area (Å²) < 4.78 is 0. The lowest BCUT2D eigenvalue weighted by atomic mass is 10.1. The zero-order valence-corrected chi connectivity index (χ0v) is 9.00. The normalized spacial score (nSPS) is 18.1. The second-order valence-corrected chi connectivity index (χ2v) is 3.52. The van der Waals surface area contributed by atoms with Gasteiger partial charge in [0.05, 0.1) is 18.1 Å². The minimum atomic E-state index is -1.03. The molecule has 3 atom stereocenters. The molecule has 15 heavy (non-hydrogen) atoms. The number of rotatable bonds is 6. The first kappa shape index (κ1) is 13.9. The number of aliphatic hydroxyl groups is 2. The predicted octanol–water partition coefficient (Wildman–Crippen LogP) is 0.951. The van der Waals surface area contributed by atoms with Gasteiger partial charge in [0.1, 0.15) is 0 Å². The van der Waals surface area contributed by atoms with Crippen LogP contribution in [0.5, 0.6) is 0 Å². The summed E-state index contributed by atoms with van der Waals surface area (Å²) in [6.07, 6.45) is 5.57. The molecule has 0 saturated heterocycles. The van der Waals surface area contributed by atoms with Crippen molar-refractivity contribution >= 4 is 5.97 Å². The number of allylic oxidation sites excluding steroid dienone is 2. The van der Waals surface area contributed by atoms with Crippen molar-refractivity contribution in [2.75, 3.05) is 0 Å². The molecule has 0 aromatic carbocycles. The highest BCUT2D eigenvalue weighted by atomic mass is 16.4. The molecule has 0 fully saturated rings. The minimum Gasteiger partial charge on any atom is -0.481 e. The summed E-state index contributed by atoms with van der Waals surface area (Å²) in [5.74, 6) is -1.84. The highest BCUT2D eigenvalue weighted by Crippen LogP contribution is 2.04. The number of hydrogen-bond acceptors (Lipinski definition) is 3. The van der Waals surface area contributed by atoms with E-state index < -0.39 is 24.1 Å². The van der Waals surface area contributed by atoms with Crippen LogP contribution in [0.15, 0.2) is 24.3 Å². The molecule has 0 aliphatic heterocycles. The van der Waals surface area contributed by atoms with Crippen molar-refractivity contribution in [3.63, 3.8) is 0 Å². The van der Waals surface area contributed by atoms with Crippen LogP contribution < -0.4 is 0 Å². The molecule has 3 unspecified atom stereocenters. The SMILES string of the molecule is CC(O)CC=CC=CC(O)C(C)C(=O)O. The maximum atomic E-state index is 10.5. The first-order valence-corrected chi connectivity index (χ1v) is 4.87. The van der Waals surface area contributed by atoms with Crippen LogP contribution in [0.1, 0.15) is 20.3 Å². The summed E-state index contributed by atoms with van der Waals surface area (Å²) in [7, 11) is 0. The Kier molecular flexibility index (Phi) is 6.66. The summed E-state index contributed by atoms with van der Waals surface area (Å²) in [4.78, 5) is 10.5. The van der Waals surface area contributed by atoms with Gasteiger partial charge in [0.25, 0.3) is 0 Å². The summed E-state index contributed by atoms with van der Waals surface area (Å²) in [5, 5.41) is 26.8. The number of aliphatic carboxylic acids is 1. The van der Waals surface area contributed by atoms with Crippen molar-refractivity contribution in [1.29, 1.82) is 0 Å². The molecule has 0 radical (unpaired) electrons. The van der Waals surface area contributed by atoms with Gasteiger partial charge in [0, 0.05) is 0 Å². The molecule has 0 spiro atoms. The number of carboxylic acid groups (broad SMARTS) is 1. The second-order valence-electron chi connectivity index (χ2n) is 3.52. The van der Waals surface area contributed by atoms with E-state index in [0.29, 0.717) is 6.42 Å². The minimum absolute atomic E-state index is 0.391. The van der Waals surface area contributed by atoms with Crippen molar-refractivity contribution in [3.05, 3.63) is 24.3 Å². The van der Waals surface area contributed by atoms with Gasteiger partial charge in [0.2, 0.25) is 0 Å². The summed E-state index contributed by atoms with van der Waals surface area (Å²) in [5.41, 5.74) is 0. The average Bonchev–Trinajstić information content (AvgIpc) is 2.15. The standard InChI is InChI=1S/C11H18O4/c1-8(12)6-4-3-5-7-10(13)9(2)11(14)15/h3-5,7-10,12-13H,6H2,1-2H3,(H,14,15). The van der Waals surface area contributed by atoms with E-state index in [4.69, 9.17) is 10.2 Å². The van der Waals surface area contributed by atoms with Gasteiger partial charge in [-0.3, -0.25) is 4.79 Å². The third-order valence-corrected chi connectivity index (χ3v) is 1.93. The van der Waals surface area contributed by atoms with Gasteiger partial charge >= 0.3 is 5.97 Å². The molecule has 0 heterocycles. The molecule has 0 amide bonds. The quantitative estimate of drug-likeness (QED) is 0.575. The second kappa shape index (κ2) is 7.20. The lowest BCUT2D eigenvalue weighted by molar-refractivity contribution is -0.143. The van der Waals surface area contributed by atoms with E-state index in [2.05, 4.69) is 0 Å². The third kappa shape index (κ3) is 6.88. The first-order valence-electron chi connectivity index (χ1n) is 4.87. The third-order valence-electron chi connectivity index (χ3n) is 1.93. The average molecular weight is 214 g/mol. The predicted molar refractivity (Wildman–Crippen MR) is 57.4 cm³/mol. The van der Waals surface area contributed by atoms with Crippen molar-refractivity contribution in [2.24, 2.45) is 5.92 Å². The topological polar surface area (TPSA) is 77.8 Å². The van der Waals surface area contributed by atoms with Crippen molar-refractivity contribution in [3.8, 4) is 0 Å². The molecule has 0 aliphatic carbocycles. The van der Waals surface area contributed by atoms with Crippen molar-refractivity contribution < 1.29 is 20.1 Å². The Balaban J connectivity index is 3.96. The first-order chi connectivity index (χ1) is 6.95. The van der Waals surface area contributed by atoms with Crippen LogP contribution in [-0.4, -0.2) is 33.5 Å². The molecule has 4 heteroatoms. The fourth-order valence-electron chi connectivity index (χ4n) is 0.845. The molecule has 3 N–H and O–H groups in total. The molecule has 0 bridgehead atoms. The van der Waals surface area contributed by atoms with E-state index in [1.54, 1.807) is 25.2 Å². The van der Waals surface area contributed by atoms with Gasteiger partial charge in [-0.15, -0.1) is 0 Å². The lowest BCUT2D eigenvalue weighted by Crippen LogP contribution is -2.23. The van der Waals surface area contributed by atoms with Crippen molar-refractivity contribution in [2.45, 2.75) is 32.5 Å². The number of carbonyl (C=O) groups is 1. The van der Waals surface area contributed by atoms with Gasteiger partial charge in [-0.25, -0.2) is 0 Å². The Labute approximate surface area is 89.6 Å². The molecule has 0 aromatic heterocycles. The number of carboxylic acids is 1. The van der Waals surface area contributed by atoms with E-state index in [-0.39, 0.29) is 0 Å². The van der Waals surface area contributed by atoms with Gasteiger partial charge < -0.3 is 15.3 Å². The summed E-state index contributed by atoms with van der Waals surface area (Å²) in [6, 6.07) is 0. The van der Waals surface area contributed by atoms with Crippen LogP contribution in [0, 0.1) is 5.92 Å². The van der Waals surface area contributed by atoms with E-state index in [1.807, 2.05) is 0 Å². The van der Waals surface area contributed by atoms with E-state index in [1.165, 1.54) is 13.0 Å². The summed E-state index contributed by atoms with van der Waals surface area (Å²) >= 11 is 0. The monoisotopic (exact) mass is 214 g/mol. The summed E-state index contributed by atoms with van der Waals surface area (Å²) in [6.45, 7) is 3.12. The maximum Gasteiger partial charge on any atom is 0.309 e. The largest absolute Gasteiger partial charge is 0.481 e. The van der Waals surface area contributed by atoms with Gasteiger partial charge in [-0.05, 0) is 20.3 Å². The zero-order valence-electron chi connectivity index (χ0n) is 9.00. The molecular formula is C11H18O4. The van der Waals surface area contributed by atoms with E-state index in [9.17, 15) is 9.90 Å². The molecule has 0 saturated carbocycles.